The van der Waals surface area contributed by atoms with Crippen molar-refractivity contribution in [2.45, 2.75) is 33.1 Å². The zero-order valence-electron chi connectivity index (χ0n) is 17.4. The summed E-state index contributed by atoms with van der Waals surface area (Å²) in [6, 6.07) is 12.4. The van der Waals surface area contributed by atoms with Crippen LogP contribution in [0.2, 0.25) is 0 Å². The maximum absolute atomic E-state index is 12.3. The third kappa shape index (κ3) is 5.83. The molecule has 0 radical (unpaired) electrons. The quantitative estimate of drug-likeness (QED) is 0.510. The number of benzene rings is 2. The number of anilines is 3. The van der Waals surface area contributed by atoms with Crippen molar-refractivity contribution >= 4 is 34.8 Å². The van der Waals surface area contributed by atoms with Crippen LogP contribution in [-0.2, 0) is 9.59 Å². The lowest BCUT2D eigenvalue weighted by Gasteiger charge is -2.14. The average molecular weight is 409 g/mol. The van der Waals surface area contributed by atoms with Crippen LogP contribution in [0.25, 0.3) is 0 Å². The van der Waals surface area contributed by atoms with Gasteiger partial charge in [0.25, 0.3) is 5.91 Å². The van der Waals surface area contributed by atoms with Gasteiger partial charge < -0.3 is 21.3 Å². The minimum atomic E-state index is -0.204. The normalized spacial score (nSPS) is 12.7. The van der Waals surface area contributed by atoms with Crippen LogP contribution in [0.1, 0.15) is 42.1 Å². The van der Waals surface area contributed by atoms with Crippen molar-refractivity contribution in [3.05, 3.63) is 53.6 Å². The van der Waals surface area contributed by atoms with E-state index in [4.69, 9.17) is 0 Å². The topological polar surface area (TPSA) is 99.3 Å². The summed E-state index contributed by atoms with van der Waals surface area (Å²) < 4.78 is 0. The molecular formula is C23H28N4O3. The molecule has 0 atom stereocenters. The second kappa shape index (κ2) is 9.91. The van der Waals surface area contributed by atoms with E-state index in [1.165, 1.54) is 0 Å². The van der Waals surface area contributed by atoms with Gasteiger partial charge in [-0.2, -0.15) is 0 Å². The monoisotopic (exact) mass is 408 g/mol. The van der Waals surface area contributed by atoms with Crippen LogP contribution in [0, 0.1) is 12.8 Å². The van der Waals surface area contributed by atoms with Gasteiger partial charge in [0, 0.05) is 35.1 Å². The highest BCUT2D eigenvalue weighted by Gasteiger charge is 2.29. The van der Waals surface area contributed by atoms with E-state index in [0.717, 1.165) is 36.2 Å². The van der Waals surface area contributed by atoms with Crippen molar-refractivity contribution in [3.63, 3.8) is 0 Å². The van der Waals surface area contributed by atoms with Gasteiger partial charge in [0.2, 0.25) is 11.8 Å². The fourth-order valence-electron chi connectivity index (χ4n) is 2.97. The van der Waals surface area contributed by atoms with Gasteiger partial charge in [0.15, 0.2) is 0 Å². The molecule has 1 aliphatic carbocycles. The Morgan fingerprint density at radius 1 is 0.967 bits per heavy atom. The van der Waals surface area contributed by atoms with E-state index < -0.39 is 0 Å². The molecule has 3 amide bonds. The molecule has 4 N–H and O–H groups in total. The molecule has 0 saturated heterocycles. The van der Waals surface area contributed by atoms with Gasteiger partial charge >= 0.3 is 0 Å². The Morgan fingerprint density at radius 3 is 2.33 bits per heavy atom. The molecule has 3 rings (SSSR count). The van der Waals surface area contributed by atoms with E-state index >= 15 is 0 Å². The van der Waals surface area contributed by atoms with E-state index in [2.05, 4.69) is 21.3 Å². The minimum absolute atomic E-state index is 0.0554. The Bertz CT molecular complexity index is 921. The number of hydrogen-bond acceptors (Lipinski definition) is 4. The summed E-state index contributed by atoms with van der Waals surface area (Å²) in [6.07, 6.45) is 2.78. The molecular weight excluding hydrogens is 380 g/mol. The highest BCUT2D eigenvalue weighted by Crippen LogP contribution is 2.31. The fraction of sp³-hybridized carbons (Fsp3) is 0.348. The molecule has 0 spiro atoms. The molecule has 30 heavy (non-hydrogen) atoms. The smallest absolute Gasteiger partial charge is 0.251 e. The number of hydrogen-bond donors (Lipinski definition) is 4. The molecule has 0 aliphatic heterocycles. The summed E-state index contributed by atoms with van der Waals surface area (Å²) in [5, 5.41) is 11.7. The first-order chi connectivity index (χ1) is 14.5. The van der Waals surface area contributed by atoms with Gasteiger partial charge in [-0.3, -0.25) is 14.4 Å². The van der Waals surface area contributed by atoms with E-state index in [1.807, 2.05) is 32.0 Å². The van der Waals surface area contributed by atoms with Crippen molar-refractivity contribution in [1.82, 2.24) is 5.32 Å². The predicted octanol–water partition coefficient (Wildman–Crippen LogP) is 3.53. The van der Waals surface area contributed by atoms with Gasteiger partial charge in [-0.15, -0.1) is 0 Å². The lowest BCUT2D eigenvalue weighted by Crippen LogP contribution is -2.24. The van der Waals surface area contributed by atoms with Crippen LogP contribution in [0.5, 0.6) is 0 Å². The third-order valence-corrected chi connectivity index (χ3v) is 4.95. The molecule has 2 aromatic rings. The van der Waals surface area contributed by atoms with Crippen LogP contribution in [0.15, 0.2) is 42.5 Å². The fourth-order valence-corrected chi connectivity index (χ4v) is 2.97. The number of carbonyl (C=O) groups is 3. The Hall–Kier alpha value is -3.35. The van der Waals surface area contributed by atoms with Gasteiger partial charge in [0.05, 0.1) is 6.54 Å². The first kappa shape index (κ1) is 21.4. The van der Waals surface area contributed by atoms with Gasteiger partial charge in [0.1, 0.15) is 0 Å². The SMILES string of the molecule is CCCNC(=O)c1ccc(NC(=O)CNc2cccc(NC(=O)C3CC3)c2C)cc1. The van der Waals surface area contributed by atoms with Crippen molar-refractivity contribution in [2.24, 2.45) is 5.92 Å². The van der Waals surface area contributed by atoms with Crippen LogP contribution < -0.4 is 21.3 Å². The van der Waals surface area contributed by atoms with E-state index in [0.29, 0.717) is 17.8 Å². The zero-order valence-corrected chi connectivity index (χ0v) is 17.4. The Labute approximate surface area is 176 Å². The largest absolute Gasteiger partial charge is 0.376 e. The third-order valence-electron chi connectivity index (χ3n) is 4.95. The van der Waals surface area contributed by atoms with E-state index in [-0.39, 0.29) is 30.2 Å². The predicted molar refractivity (Wildman–Crippen MR) is 119 cm³/mol. The lowest BCUT2D eigenvalue weighted by molar-refractivity contribution is -0.117. The maximum atomic E-state index is 12.3. The number of rotatable bonds is 9. The highest BCUT2D eigenvalue weighted by molar-refractivity contribution is 5.97. The van der Waals surface area contributed by atoms with Crippen molar-refractivity contribution in [1.29, 1.82) is 0 Å². The highest BCUT2D eigenvalue weighted by atomic mass is 16.2. The first-order valence-electron chi connectivity index (χ1n) is 10.3. The number of amides is 3. The molecule has 2 aromatic carbocycles. The second-order valence-electron chi connectivity index (χ2n) is 7.48. The van der Waals surface area contributed by atoms with E-state index in [9.17, 15) is 14.4 Å². The molecule has 7 nitrogen and oxygen atoms in total. The molecule has 0 heterocycles. The summed E-state index contributed by atoms with van der Waals surface area (Å²) in [6.45, 7) is 4.62. The number of nitrogens with one attached hydrogen (secondary N) is 4. The maximum Gasteiger partial charge on any atom is 0.251 e. The van der Waals surface area contributed by atoms with Crippen molar-refractivity contribution in [2.75, 3.05) is 29.0 Å². The Kier molecular flexibility index (Phi) is 7.06. The van der Waals surface area contributed by atoms with Gasteiger partial charge in [-0.25, -0.2) is 0 Å². The number of carbonyl (C=O) groups excluding carboxylic acids is 3. The molecule has 1 fully saturated rings. The summed E-state index contributed by atoms with van der Waals surface area (Å²) in [7, 11) is 0. The van der Waals surface area contributed by atoms with Crippen LogP contribution >= 0.6 is 0 Å². The summed E-state index contributed by atoms with van der Waals surface area (Å²) in [5.41, 5.74) is 3.62. The van der Waals surface area contributed by atoms with Crippen LogP contribution in [0.3, 0.4) is 0 Å². The lowest BCUT2D eigenvalue weighted by atomic mass is 10.1. The summed E-state index contributed by atoms with van der Waals surface area (Å²) in [4.78, 5) is 36.2. The average Bonchev–Trinajstić information content (AvgIpc) is 3.58. The first-order valence-corrected chi connectivity index (χ1v) is 10.3. The van der Waals surface area contributed by atoms with E-state index in [1.54, 1.807) is 24.3 Å². The standard InChI is InChI=1S/C23H28N4O3/c1-3-13-24-22(29)16-9-11-18(12-10-16)26-21(28)14-25-19-5-4-6-20(15(19)2)27-23(30)17-7-8-17/h4-6,9-12,17,25H,3,7-8,13-14H2,1-2H3,(H,24,29)(H,26,28)(H,27,30). The Balaban J connectivity index is 1.52. The van der Waals surface area contributed by atoms with Crippen molar-refractivity contribution in [3.8, 4) is 0 Å². The second-order valence-corrected chi connectivity index (χ2v) is 7.48. The Morgan fingerprint density at radius 2 is 1.67 bits per heavy atom. The zero-order chi connectivity index (χ0) is 21.5. The summed E-state index contributed by atoms with van der Waals surface area (Å²) in [5.74, 6) is -0.138. The van der Waals surface area contributed by atoms with Crippen molar-refractivity contribution < 1.29 is 14.4 Å². The van der Waals surface area contributed by atoms with Gasteiger partial charge in [-0.05, 0) is 68.1 Å². The molecule has 158 valence electrons. The molecule has 7 heteroatoms. The minimum Gasteiger partial charge on any atom is -0.376 e. The summed E-state index contributed by atoms with van der Waals surface area (Å²) >= 11 is 0. The molecule has 0 unspecified atom stereocenters. The molecule has 0 bridgehead atoms. The molecule has 1 aliphatic rings. The van der Waals surface area contributed by atoms with Crippen LogP contribution in [0.4, 0.5) is 17.1 Å². The molecule has 0 aromatic heterocycles. The van der Waals surface area contributed by atoms with Gasteiger partial charge in [-0.1, -0.05) is 13.0 Å². The molecule has 1 saturated carbocycles. The van der Waals surface area contributed by atoms with Crippen LogP contribution in [-0.4, -0.2) is 30.8 Å².